The number of carbonyl (C=O) groups excluding carboxylic acids is 1. The van der Waals surface area contributed by atoms with Crippen LogP contribution in [0.4, 0.5) is 11.6 Å². The molecule has 1 saturated heterocycles. The number of benzene rings is 1. The first-order chi connectivity index (χ1) is 16.4. The third-order valence-corrected chi connectivity index (χ3v) is 6.50. The van der Waals surface area contributed by atoms with Crippen molar-refractivity contribution in [2.45, 2.75) is 40.2 Å². The Hall–Kier alpha value is -3.52. The van der Waals surface area contributed by atoms with Crippen LogP contribution in [0.3, 0.4) is 0 Å². The molecule has 0 atom stereocenters. The Morgan fingerprint density at radius 1 is 1.15 bits per heavy atom. The molecule has 0 radical (unpaired) electrons. The third-order valence-electron chi connectivity index (χ3n) is 6.50. The van der Waals surface area contributed by atoms with Crippen LogP contribution in [0.25, 0.3) is 16.7 Å². The van der Waals surface area contributed by atoms with E-state index in [-0.39, 0.29) is 11.7 Å². The van der Waals surface area contributed by atoms with Gasteiger partial charge in [-0.3, -0.25) is 9.69 Å². The number of aromatic nitrogens is 5. The van der Waals surface area contributed by atoms with Crippen LogP contribution < -0.4 is 5.32 Å². The van der Waals surface area contributed by atoms with Crippen molar-refractivity contribution in [2.75, 3.05) is 18.4 Å². The van der Waals surface area contributed by atoms with Crippen LogP contribution in [0.1, 0.15) is 48.3 Å². The van der Waals surface area contributed by atoms with Crippen LogP contribution in [0.15, 0.2) is 42.9 Å². The Morgan fingerprint density at radius 2 is 1.94 bits per heavy atom. The molecule has 4 aromatic rings. The van der Waals surface area contributed by atoms with Crippen molar-refractivity contribution in [1.82, 2.24) is 29.2 Å². The van der Waals surface area contributed by atoms with Gasteiger partial charge in [-0.2, -0.15) is 10.1 Å². The number of ketones is 1. The molecule has 1 fully saturated rings. The van der Waals surface area contributed by atoms with Gasteiger partial charge in [-0.1, -0.05) is 13.8 Å². The molecule has 8 nitrogen and oxygen atoms in total. The van der Waals surface area contributed by atoms with Gasteiger partial charge in [0, 0.05) is 71.9 Å². The molecule has 176 valence electrons. The van der Waals surface area contributed by atoms with Crippen LogP contribution in [0.2, 0.25) is 0 Å². The zero-order valence-corrected chi connectivity index (χ0v) is 20.2. The number of carbonyl (C=O) groups is 1. The molecule has 4 heterocycles. The maximum atomic E-state index is 12.7. The molecule has 1 N–H and O–H groups in total. The summed E-state index contributed by atoms with van der Waals surface area (Å²) in [7, 11) is 1.96. The number of anilines is 2. The fourth-order valence-electron chi connectivity index (χ4n) is 4.59. The second-order valence-corrected chi connectivity index (χ2v) is 9.44. The smallest absolute Gasteiger partial charge is 0.229 e. The van der Waals surface area contributed by atoms with Crippen LogP contribution in [0.5, 0.6) is 0 Å². The second-order valence-electron chi connectivity index (χ2n) is 9.44. The maximum absolute atomic E-state index is 12.7. The number of aryl methyl sites for hydroxylation is 2. The topological polar surface area (TPSA) is 80.9 Å². The largest absolute Gasteiger partial charge is 0.350 e. The van der Waals surface area contributed by atoms with E-state index >= 15 is 0 Å². The first-order valence-corrected chi connectivity index (χ1v) is 11.9. The highest BCUT2D eigenvalue weighted by Crippen LogP contribution is 2.27. The quantitative estimate of drug-likeness (QED) is 0.407. The molecule has 0 saturated carbocycles. The Labute approximate surface area is 199 Å². The van der Waals surface area contributed by atoms with Crippen molar-refractivity contribution in [3.8, 4) is 5.82 Å². The third kappa shape index (κ3) is 4.33. The number of hydrogen-bond acceptors (Lipinski definition) is 6. The molecule has 1 aliphatic heterocycles. The lowest BCUT2D eigenvalue weighted by molar-refractivity contribution is 0.0941. The van der Waals surface area contributed by atoms with Gasteiger partial charge in [0.25, 0.3) is 0 Å². The molecule has 1 aromatic carbocycles. The molecule has 0 bridgehead atoms. The van der Waals surface area contributed by atoms with Gasteiger partial charge >= 0.3 is 0 Å². The molecule has 34 heavy (non-hydrogen) atoms. The zero-order chi connectivity index (χ0) is 23.8. The molecule has 0 spiro atoms. The Balaban J connectivity index is 1.40. The lowest BCUT2D eigenvalue weighted by atomic mass is 10.0. The maximum Gasteiger partial charge on any atom is 0.229 e. The molecule has 3 aromatic heterocycles. The van der Waals surface area contributed by atoms with E-state index in [9.17, 15) is 4.79 Å². The first kappa shape index (κ1) is 22.3. The lowest BCUT2D eigenvalue weighted by Crippen LogP contribution is -2.18. The van der Waals surface area contributed by atoms with Crippen molar-refractivity contribution in [3.05, 3.63) is 59.7 Å². The SMILES string of the molecule is Cc1nn(-c2ccnc(Nc3ccc4c(c3)c(C(=O)C(C)C)cn4C)n2)cc1CN1CCCC1. The van der Waals surface area contributed by atoms with Crippen LogP contribution in [-0.4, -0.2) is 48.1 Å². The Morgan fingerprint density at radius 3 is 2.71 bits per heavy atom. The minimum Gasteiger partial charge on any atom is -0.350 e. The van der Waals surface area contributed by atoms with Gasteiger partial charge in [-0.25, -0.2) is 9.67 Å². The van der Waals surface area contributed by atoms with Gasteiger partial charge in [-0.15, -0.1) is 0 Å². The van der Waals surface area contributed by atoms with Crippen LogP contribution >= 0.6 is 0 Å². The van der Waals surface area contributed by atoms with E-state index in [1.165, 1.54) is 18.4 Å². The molecular formula is C26H31N7O. The number of fused-ring (bicyclic) bond motifs is 1. The summed E-state index contributed by atoms with van der Waals surface area (Å²) in [6, 6.07) is 7.85. The van der Waals surface area contributed by atoms with Crippen LogP contribution in [0, 0.1) is 12.8 Å². The highest BCUT2D eigenvalue weighted by Gasteiger charge is 2.18. The Kier molecular flexibility index (Phi) is 5.91. The fraction of sp³-hybridized carbons (Fsp3) is 0.385. The van der Waals surface area contributed by atoms with E-state index in [2.05, 4.69) is 26.4 Å². The minimum atomic E-state index is -0.0601. The first-order valence-electron chi connectivity index (χ1n) is 11.9. The van der Waals surface area contributed by atoms with Crippen molar-refractivity contribution >= 4 is 28.3 Å². The number of hydrogen-bond donors (Lipinski definition) is 1. The summed E-state index contributed by atoms with van der Waals surface area (Å²) in [5.74, 6) is 1.28. The predicted octanol–water partition coefficient (Wildman–Crippen LogP) is 4.64. The second kappa shape index (κ2) is 9.02. The average Bonchev–Trinajstić information content (AvgIpc) is 3.54. The molecule has 8 heteroatoms. The Bertz CT molecular complexity index is 1340. The minimum absolute atomic E-state index is 0.0601. The highest BCUT2D eigenvalue weighted by atomic mass is 16.1. The highest BCUT2D eigenvalue weighted by molar-refractivity contribution is 6.09. The molecule has 0 amide bonds. The van der Waals surface area contributed by atoms with Gasteiger partial charge in [0.1, 0.15) is 0 Å². The summed E-state index contributed by atoms with van der Waals surface area (Å²) in [5, 5.41) is 8.92. The molecule has 0 aliphatic carbocycles. The van der Waals surface area contributed by atoms with Crippen molar-refractivity contribution < 1.29 is 4.79 Å². The number of Topliss-reactive ketones (excluding diaryl/α,β-unsaturated/α-hetero) is 1. The summed E-state index contributed by atoms with van der Waals surface area (Å²) in [5.41, 5.74) is 4.84. The summed E-state index contributed by atoms with van der Waals surface area (Å²) >= 11 is 0. The molecular weight excluding hydrogens is 426 g/mol. The van der Waals surface area contributed by atoms with Gasteiger partial charge < -0.3 is 9.88 Å². The van der Waals surface area contributed by atoms with Crippen molar-refractivity contribution in [1.29, 1.82) is 0 Å². The van der Waals surface area contributed by atoms with E-state index < -0.39 is 0 Å². The van der Waals surface area contributed by atoms with Gasteiger partial charge in [0.2, 0.25) is 5.95 Å². The van der Waals surface area contributed by atoms with E-state index in [0.717, 1.165) is 47.5 Å². The summed E-state index contributed by atoms with van der Waals surface area (Å²) in [6.45, 7) is 9.14. The fourth-order valence-corrected chi connectivity index (χ4v) is 4.59. The summed E-state index contributed by atoms with van der Waals surface area (Å²) < 4.78 is 3.82. The van der Waals surface area contributed by atoms with E-state index in [1.807, 2.05) is 67.5 Å². The standard InChI is InChI=1S/C26H31N7O/c1-17(2)25(34)22-16-31(4)23-8-7-20(13-21(22)23)28-26-27-10-9-24(29-26)33-15-19(18(3)30-33)14-32-11-5-6-12-32/h7-10,13,15-17H,5-6,11-12,14H2,1-4H3,(H,27,28,29). The van der Waals surface area contributed by atoms with Gasteiger partial charge in [0.15, 0.2) is 11.6 Å². The van der Waals surface area contributed by atoms with Gasteiger partial charge in [0.05, 0.1) is 5.69 Å². The number of rotatable bonds is 7. The molecule has 5 rings (SSSR count). The average molecular weight is 458 g/mol. The number of nitrogens with one attached hydrogen (secondary N) is 1. The molecule has 1 aliphatic rings. The lowest BCUT2D eigenvalue weighted by Gasteiger charge is -2.13. The number of likely N-dealkylation sites (tertiary alicyclic amines) is 1. The monoisotopic (exact) mass is 457 g/mol. The normalized spacial score (nSPS) is 14.4. The summed E-state index contributed by atoms with van der Waals surface area (Å²) in [4.78, 5) is 24.3. The van der Waals surface area contributed by atoms with Crippen molar-refractivity contribution in [2.24, 2.45) is 13.0 Å². The van der Waals surface area contributed by atoms with E-state index in [1.54, 1.807) is 6.20 Å². The predicted molar refractivity (Wildman–Crippen MR) is 134 cm³/mol. The van der Waals surface area contributed by atoms with E-state index in [0.29, 0.717) is 11.8 Å². The van der Waals surface area contributed by atoms with Crippen LogP contribution in [-0.2, 0) is 13.6 Å². The molecule has 0 unspecified atom stereocenters. The van der Waals surface area contributed by atoms with E-state index in [4.69, 9.17) is 5.10 Å². The van der Waals surface area contributed by atoms with Crippen molar-refractivity contribution in [3.63, 3.8) is 0 Å². The number of nitrogens with zero attached hydrogens (tertiary/aromatic N) is 6. The van der Waals surface area contributed by atoms with Gasteiger partial charge in [-0.05, 0) is 51.1 Å². The summed E-state index contributed by atoms with van der Waals surface area (Å²) in [6.07, 6.45) is 8.26. The zero-order valence-electron chi connectivity index (χ0n) is 20.2.